The van der Waals surface area contributed by atoms with Crippen LogP contribution in [0.15, 0.2) is 46.5 Å². The quantitative estimate of drug-likeness (QED) is 0.219. The number of aromatic nitrogens is 3. The van der Waals surface area contributed by atoms with Gasteiger partial charge < -0.3 is 10.1 Å². The lowest BCUT2D eigenvalue weighted by atomic mass is 9.72. The minimum absolute atomic E-state index is 0.154. The standard InChI is InChI=1S/C27H30BrN5O2S2/c1-5-12-33-23(15-35-19-9-7-18(28)8-10-19)31-32-26(33)36-16-24(34)30-25-21(14-29)20-11-6-17(27(2,3)4)13-22(20)37-25/h5,7-10,17H,1,6,11-13,15-16H2,2-4H3,(H,30,34). The number of benzene rings is 1. The number of carbonyl (C=O) groups excluding carboxylic acids is 1. The second-order valence-corrected chi connectivity index (χ2v) is 13.0. The Bertz CT molecular complexity index is 1320. The molecule has 0 aliphatic heterocycles. The van der Waals surface area contributed by atoms with E-state index in [0.717, 1.165) is 35.0 Å². The van der Waals surface area contributed by atoms with Crippen molar-refractivity contribution in [1.29, 1.82) is 5.26 Å². The number of fused-ring (bicyclic) bond motifs is 1. The molecule has 0 spiro atoms. The van der Waals surface area contributed by atoms with Crippen molar-refractivity contribution in [1.82, 2.24) is 14.8 Å². The van der Waals surface area contributed by atoms with Crippen LogP contribution in [0, 0.1) is 22.7 Å². The van der Waals surface area contributed by atoms with Gasteiger partial charge in [-0.1, -0.05) is 54.5 Å². The van der Waals surface area contributed by atoms with Crippen LogP contribution < -0.4 is 10.1 Å². The molecule has 1 N–H and O–H groups in total. The Kier molecular flexibility index (Phi) is 8.78. The van der Waals surface area contributed by atoms with Gasteiger partial charge in [0.2, 0.25) is 5.91 Å². The van der Waals surface area contributed by atoms with E-state index in [1.165, 1.54) is 16.6 Å². The monoisotopic (exact) mass is 599 g/mol. The van der Waals surface area contributed by atoms with Crippen molar-refractivity contribution < 1.29 is 9.53 Å². The van der Waals surface area contributed by atoms with Crippen LogP contribution in [-0.4, -0.2) is 26.4 Å². The van der Waals surface area contributed by atoms with E-state index in [4.69, 9.17) is 4.74 Å². The fourth-order valence-electron chi connectivity index (χ4n) is 4.35. The predicted molar refractivity (Wildman–Crippen MR) is 152 cm³/mol. The van der Waals surface area contributed by atoms with Gasteiger partial charge in [-0.25, -0.2) is 0 Å². The summed E-state index contributed by atoms with van der Waals surface area (Å²) in [6.07, 6.45) is 4.67. The van der Waals surface area contributed by atoms with Crippen LogP contribution in [-0.2, 0) is 30.8 Å². The van der Waals surface area contributed by atoms with E-state index in [9.17, 15) is 10.1 Å². The maximum Gasteiger partial charge on any atom is 0.235 e. The van der Waals surface area contributed by atoms with E-state index in [1.807, 2.05) is 28.8 Å². The van der Waals surface area contributed by atoms with Gasteiger partial charge in [-0.05, 0) is 60.4 Å². The molecule has 10 heteroatoms. The number of nitrogens with one attached hydrogen (secondary N) is 1. The van der Waals surface area contributed by atoms with Crippen molar-refractivity contribution in [2.75, 3.05) is 11.1 Å². The summed E-state index contributed by atoms with van der Waals surface area (Å²) in [7, 11) is 0. The summed E-state index contributed by atoms with van der Waals surface area (Å²) in [4.78, 5) is 14.1. The zero-order chi connectivity index (χ0) is 26.6. The highest BCUT2D eigenvalue weighted by Crippen LogP contribution is 2.44. The van der Waals surface area contributed by atoms with Gasteiger partial charge in [0.25, 0.3) is 0 Å². The van der Waals surface area contributed by atoms with Crippen molar-refractivity contribution in [3.05, 3.63) is 63.2 Å². The molecule has 0 saturated carbocycles. The first-order chi connectivity index (χ1) is 17.7. The zero-order valence-electron chi connectivity index (χ0n) is 21.2. The van der Waals surface area contributed by atoms with Crippen LogP contribution in [0.25, 0.3) is 0 Å². The molecule has 1 aromatic carbocycles. The maximum atomic E-state index is 12.9. The number of thioether (sulfide) groups is 1. The smallest absolute Gasteiger partial charge is 0.235 e. The summed E-state index contributed by atoms with van der Waals surface area (Å²) in [6.45, 7) is 11.4. The number of anilines is 1. The lowest BCUT2D eigenvalue weighted by Gasteiger charge is -2.33. The fourth-order valence-corrected chi connectivity index (χ4v) is 6.67. The molecule has 0 saturated heterocycles. The van der Waals surface area contributed by atoms with Gasteiger partial charge in [-0.2, -0.15) is 5.26 Å². The molecule has 1 amide bonds. The molecule has 1 atom stereocenters. The Hall–Kier alpha value is -2.61. The van der Waals surface area contributed by atoms with Gasteiger partial charge in [-0.3, -0.25) is 9.36 Å². The Morgan fingerprint density at radius 1 is 1.38 bits per heavy atom. The Labute approximate surface area is 234 Å². The van der Waals surface area contributed by atoms with Crippen molar-refractivity contribution in [3.8, 4) is 11.8 Å². The van der Waals surface area contributed by atoms with Crippen molar-refractivity contribution in [2.24, 2.45) is 11.3 Å². The van der Waals surface area contributed by atoms with Crippen molar-refractivity contribution in [3.63, 3.8) is 0 Å². The van der Waals surface area contributed by atoms with Gasteiger partial charge in [0, 0.05) is 15.9 Å². The third kappa shape index (κ3) is 6.64. The maximum absolute atomic E-state index is 12.9. The topological polar surface area (TPSA) is 92.8 Å². The number of halogens is 1. The van der Waals surface area contributed by atoms with Crippen molar-refractivity contribution >= 4 is 49.9 Å². The molecule has 2 heterocycles. The van der Waals surface area contributed by atoms with Gasteiger partial charge >= 0.3 is 0 Å². The molecular formula is C27H30BrN5O2S2. The van der Waals surface area contributed by atoms with E-state index in [0.29, 0.717) is 34.0 Å². The van der Waals surface area contributed by atoms with Crippen molar-refractivity contribution in [2.45, 2.75) is 58.3 Å². The molecule has 3 aromatic rings. The number of rotatable bonds is 9. The number of thiophene rings is 1. The molecule has 0 fully saturated rings. The fraction of sp³-hybridized carbons (Fsp3) is 0.407. The highest BCUT2D eigenvalue weighted by atomic mass is 79.9. The molecule has 2 aromatic heterocycles. The molecule has 7 nitrogen and oxygen atoms in total. The number of nitrogens with zero attached hydrogens (tertiary/aromatic N) is 4. The molecular weight excluding hydrogens is 570 g/mol. The Morgan fingerprint density at radius 3 is 2.81 bits per heavy atom. The Morgan fingerprint density at radius 2 is 2.14 bits per heavy atom. The molecule has 194 valence electrons. The van der Waals surface area contributed by atoms with E-state index in [-0.39, 0.29) is 23.7 Å². The minimum atomic E-state index is -0.173. The Balaban J connectivity index is 1.40. The second kappa shape index (κ2) is 11.8. The predicted octanol–water partition coefficient (Wildman–Crippen LogP) is 6.62. The number of hydrogen-bond acceptors (Lipinski definition) is 7. The summed E-state index contributed by atoms with van der Waals surface area (Å²) < 4.78 is 8.72. The lowest BCUT2D eigenvalue weighted by molar-refractivity contribution is -0.113. The zero-order valence-corrected chi connectivity index (χ0v) is 24.4. The minimum Gasteiger partial charge on any atom is -0.486 e. The first kappa shape index (κ1) is 27.4. The average Bonchev–Trinajstić information content (AvgIpc) is 3.41. The van der Waals surface area contributed by atoms with Gasteiger partial charge in [0.1, 0.15) is 23.4 Å². The number of hydrogen-bond donors (Lipinski definition) is 1. The SMILES string of the molecule is C=CCn1c(COc2ccc(Br)cc2)nnc1SCC(=O)Nc1sc2c(c1C#N)CCC(C(C)(C)C)C2. The van der Waals surface area contributed by atoms with E-state index in [1.54, 1.807) is 17.4 Å². The summed E-state index contributed by atoms with van der Waals surface area (Å²) in [5.74, 6) is 1.93. The number of ether oxygens (including phenoxy) is 1. The van der Waals surface area contributed by atoms with Crippen LogP contribution in [0.4, 0.5) is 5.00 Å². The number of nitriles is 1. The van der Waals surface area contributed by atoms with E-state index < -0.39 is 0 Å². The van der Waals surface area contributed by atoms with Gasteiger partial charge in [0.05, 0.1) is 11.3 Å². The molecule has 37 heavy (non-hydrogen) atoms. The number of allylic oxidation sites excluding steroid dienone is 1. The van der Waals surface area contributed by atoms with E-state index >= 15 is 0 Å². The average molecular weight is 601 g/mol. The highest BCUT2D eigenvalue weighted by Gasteiger charge is 2.32. The third-order valence-corrected chi connectivity index (χ3v) is 9.14. The summed E-state index contributed by atoms with van der Waals surface area (Å²) in [6, 6.07) is 9.90. The van der Waals surface area contributed by atoms with Crippen LogP contribution in [0.3, 0.4) is 0 Å². The molecule has 0 radical (unpaired) electrons. The normalized spacial score (nSPS) is 15.1. The second-order valence-electron chi connectivity index (χ2n) is 10.0. The lowest BCUT2D eigenvalue weighted by Crippen LogP contribution is -2.26. The van der Waals surface area contributed by atoms with Gasteiger partial charge in [0.15, 0.2) is 11.0 Å². The molecule has 1 aliphatic carbocycles. The number of amides is 1. The highest BCUT2D eigenvalue weighted by molar-refractivity contribution is 9.10. The molecule has 4 rings (SSSR count). The number of carbonyl (C=O) groups is 1. The molecule has 1 unspecified atom stereocenters. The van der Waals surface area contributed by atoms with Crippen LogP contribution in [0.1, 0.15) is 49.0 Å². The van der Waals surface area contributed by atoms with Crippen LogP contribution in [0.2, 0.25) is 0 Å². The third-order valence-electron chi connectivity index (χ3n) is 6.47. The largest absolute Gasteiger partial charge is 0.486 e. The molecule has 0 bridgehead atoms. The molecule has 1 aliphatic rings. The summed E-state index contributed by atoms with van der Waals surface area (Å²) in [5.41, 5.74) is 1.95. The first-order valence-corrected chi connectivity index (χ1v) is 14.7. The summed E-state index contributed by atoms with van der Waals surface area (Å²) >= 11 is 6.26. The van der Waals surface area contributed by atoms with E-state index in [2.05, 4.69) is 64.9 Å². The first-order valence-electron chi connectivity index (χ1n) is 12.1. The van der Waals surface area contributed by atoms with Gasteiger partial charge in [-0.15, -0.1) is 28.1 Å². The van der Waals surface area contributed by atoms with Crippen LogP contribution in [0.5, 0.6) is 5.75 Å². The summed E-state index contributed by atoms with van der Waals surface area (Å²) in [5, 5.41) is 22.6. The van der Waals surface area contributed by atoms with Crippen LogP contribution >= 0.6 is 39.0 Å².